The smallest absolute Gasteiger partial charge is 0.305 e. The van der Waals surface area contributed by atoms with E-state index in [0.717, 1.165) is 0 Å². The van der Waals surface area contributed by atoms with Crippen molar-refractivity contribution in [3.05, 3.63) is 0 Å². The summed E-state index contributed by atoms with van der Waals surface area (Å²) in [7, 11) is -2.08. The van der Waals surface area contributed by atoms with Crippen LogP contribution in [0, 0.1) is 0 Å². The Morgan fingerprint density at radius 3 is 2.06 bits per heavy atom. The molecule has 100 valence electrons. The highest BCUT2D eigenvalue weighted by molar-refractivity contribution is 6.74. The third-order valence-electron chi connectivity index (χ3n) is 3.06. The topological polar surface area (TPSA) is 63.6 Å². The molecule has 0 spiro atoms. The molecule has 0 saturated carbocycles. The molecule has 4 nitrogen and oxygen atoms in total. The number of rotatable bonds is 6. The second-order valence-corrected chi connectivity index (χ2v) is 10.8. The highest BCUT2D eigenvalue weighted by Crippen LogP contribution is 2.38. The van der Waals surface area contributed by atoms with Crippen LogP contribution in [0.5, 0.6) is 0 Å². The van der Waals surface area contributed by atoms with Crippen LogP contribution in [0.25, 0.3) is 0 Å². The van der Waals surface area contributed by atoms with Gasteiger partial charge >= 0.3 is 5.97 Å². The first kappa shape index (κ1) is 16.6. The van der Waals surface area contributed by atoms with Gasteiger partial charge in [0.25, 0.3) is 0 Å². The second-order valence-electron chi connectivity index (χ2n) is 5.66. The van der Waals surface area contributed by atoms with E-state index >= 15 is 0 Å². The molecule has 0 aromatic heterocycles. The van der Waals surface area contributed by atoms with Crippen molar-refractivity contribution in [1.29, 1.82) is 0 Å². The molecule has 0 amide bonds. The number of hydrogen-bond donors (Lipinski definition) is 1. The van der Waals surface area contributed by atoms with Crippen molar-refractivity contribution in [3.63, 3.8) is 0 Å². The van der Waals surface area contributed by atoms with E-state index in [1.54, 1.807) is 0 Å². The van der Waals surface area contributed by atoms with E-state index in [-0.39, 0.29) is 17.9 Å². The van der Waals surface area contributed by atoms with Crippen molar-refractivity contribution >= 4 is 31.1 Å². The summed E-state index contributed by atoms with van der Waals surface area (Å²) in [6.07, 6.45) is -0.871. The summed E-state index contributed by atoms with van der Waals surface area (Å²) >= 11 is 5.30. The van der Waals surface area contributed by atoms with Gasteiger partial charge in [-0.15, -0.1) is 0 Å². The number of aliphatic carboxylic acids is 1. The number of carboxylic acids is 1. The van der Waals surface area contributed by atoms with E-state index in [2.05, 4.69) is 20.8 Å². The van der Waals surface area contributed by atoms with Crippen LogP contribution in [0.3, 0.4) is 0 Å². The molecular weight excluding hydrogens is 260 g/mol. The van der Waals surface area contributed by atoms with Crippen molar-refractivity contribution < 1.29 is 19.1 Å². The lowest BCUT2D eigenvalue weighted by Gasteiger charge is -2.38. The molecule has 0 aliphatic carbocycles. The number of hydrogen-bond acceptors (Lipinski definition) is 3. The Bertz CT molecular complexity index is 280. The molecular formula is C11H21ClO4Si. The number of carbonyl (C=O) groups excluding carboxylic acids is 1. The largest absolute Gasteiger partial charge is 0.481 e. The molecule has 0 rings (SSSR count). The van der Waals surface area contributed by atoms with E-state index in [4.69, 9.17) is 21.1 Å². The highest BCUT2D eigenvalue weighted by Gasteiger charge is 2.39. The quantitative estimate of drug-likeness (QED) is 0.600. The van der Waals surface area contributed by atoms with Crippen molar-refractivity contribution in [2.75, 3.05) is 0 Å². The van der Waals surface area contributed by atoms with Crippen LogP contribution in [0.2, 0.25) is 18.1 Å². The molecule has 0 heterocycles. The minimum Gasteiger partial charge on any atom is -0.481 e. The average Bonchev–Trinajstić information content (AvgIpc) is 1.96. The molecule has 0 fully saturated rings. The lowest BCUT2D eigenvalue weighted by Crippen LogP contribution is -2.44. The summed E-state index contributed by atoms with van der Waals surface area (Å²) < 4.78 is 5.88. The normalized spacial score (nSPS) is 14.5. The minimum absolute atomic E-state index is 0.0287. The first-order valence-corrected chi connectivity index (χ1v) is 8.82. The summed E-state index contributed by atoms with van der Waals surface area (Å²) in [5, 5.41) is 8.19. The molecule has 0 aliphatic rings. The summed E-state index contributed by atoms with van der Waals surface area (Å²) in [6.45, 7) is 10.2. The van der Waals surface area contributed by atoms with Gasteiger partial charge in [0, 0.05) is 6.42 Å². The Morgan fingerprint density at radius 1 is 1.29 bits per heavy atom. The molecule has 6 heteroatoms. The molecule has 0 unspecified atom stereocenters. The van der Waals surface area contributed by atoms with E-state index in [1.807, 2.05) is 13.1 Å². The monoisotopic (exact) mass is 280 g/mol. The fourth-order valence-corrected chi connectivity index (χ4v) is 2.65. The molecule has 1 atom stereocenters. The van der Waals surface area contributed by atoms with Gasteiger partial charge in [-0.1, -0.05) is 20.8 Å². The predicted octanol–water partition coefficient (Wildman–Crippen LogP) is 3.01. The van der Waals surface area contributed by atoms with Crippen LogP contribution < -0.4 is 0 Å². The number of carboxylic acid groups (broad SMARTS) is 1. The number of halogens is 1. The maximum atomic E-state index is 10.9. The second kappa shape index (κ2) is 5.98. The summed E-state index contributed by atoms with van der Waals surface area (Å²) in [4.78, 5) is 21.6. The minimum atomic E-state index is -2.08. The van der Waals surface area contributed by atoms with Crippen LogP contribution in [0.1, 0.15) is 33.6 Å². The van der Waals surface area contributed by atoms with Crippen molar-refractivity contribution in [2.45, 2.75) is 57.8 Å². The van der Waals surface area contributed by atoms with Gasteiger partial charge in [0.1, 0.15) is 0 Å². The Morgan fingerprint density at radius 2 is 1.76 bits per heavy atom. The zero-order valence-electron chi connectivity index (χ0n) is 11.0. The third kappa shape index (κ3) is 6.19. The SMILES string of the molecule is CC(C)(C)[Si](C)(C)O[C@@H](CC(=O)O)CC(=O)Cl. The molecule has 0 radical (unpaired) electrons. The fourth-order valence-electron chi connectivity index (χ4n) is 1.12. The molecule has 0 saturated heterocycles. The van der Waals surface area contributed by atoms with Crippen LogP contribution >= 0.6 is 11.6 Å². The van der Waals surface area contributed by atoms with Crippen LogP contribution in [0.15, 0.2) is 0 Å². The van der Waals surface area contributed by atoms with Crippen LogP contribution in [0.4, 0.5) is 0 Å². The molecule has 0 bridgehead atoms. The van der Waals surface area contributed by atoms with E-state index in [9.17, 15) is 9.59 Å². The Kier molecular flexibility index (Phi) is 5.84. The molecule has 0 aromatic carbocycles. The van der Waals surface area contributed by atoms with Crippen molar-refractivity contribution in [2.24, 2.45) is 0 Å². The summed E-state index contributed by atoms with van der Waals surface area (Å²) in [6, 6.07) is 0. The summed E-state index contributed by atoms with van der Waals surface area (Å²) in [5.74, 6) is -0.980. The summed E-state index contributed by atoms with van der Waals surface area (Å²) in [5.41, 5.74) is 0. The Hall–Kier alpha value is -0.393. The van der Waals surface area contributed by atoms with Gasteiger partial charge in [0.15, 0.2) is 8.32 Å². The molecule has 17 heavy (non-hydrogen) atoms. The van der Waals surface area contributed by atoms with E-state index in [1.165, 1.54) is 0 Å². The first-order valence-electron chi connectivity index (χ1n) is 5.53. The predicted molar refractivity (Wildman–Crippen MR) is 69.8 cm³/mol. The van der Waals surface area contributed by atoms with Crippen LogP contribution in [-0.4, -0.2) is 30.7 Å². The van der Waals surface area contributed by atoms with Gasteiger partial charge in [-0.25, -0.2) is 0 Å². The highest BCUT2D eigenvalue weighted by atomic mass is 35.5. The van der Waals surface area contributed by atoms with Crippen molar-refractivity contribution in [3.8, 4) is 0 Å². The fraction of sp³-hybridized carbons (Fsp3) is 0.818. The maximum absolute atomic E-state index is 10.9. The Balaban J connectivity index is 4.73. The average molecular weight is 281 g/mol. The maximum Gasteiger partial charge on any atom is 0.305 e. The Labute approximate surface area is 108 Å². The first-order chi connectivity index (χ1) is 7.45. The zero-order valence-corrected chi connectivity index (χ0v) is 12.8. The van der Waals surface area contributed by atoms with E-state index in [0.29, 0.717) is 0 Å². The van der Waals surface area contributed by atoms with Crippen LogP contribution in [-0.2, 0) is 14.0 Å². The standard InChI is InChI=1S/C11H21ClO4Si/c1-11(2,3)17(4,5)16-8(6-9(12)13)7-10(14)15/h8H,6-7H2,1-5H3,(H,14,15)/t8-/m1/s1. The van der Waals surface area contributed by atoms with Gasteiger partial charge in [-0.2, -0.15) is 0 Å². The van der Waals surface area contributed by atoms with Gasteiger partial charge in [0.05, 0.1) is 12.5 Å². The molecule has 0 aromatic rings. The lowest BCUT2D eigenvalue weighted by molar-refractivity contribution is -0.139. The van der Waals surface area contributed by atoms with Gasteiger partial charge in [-0.3, -0.25) is 9.59 Å². The number of carbonyl (C=O) groups is 2. The van der Waals surface area contributed by atoms with Gasteiger partial charge in [-0.05, 0) is 29.7 Å². The zero-order chi connectivity index (χ0) is 13.9. The van der Waals surface area contributed by atoms with E-state index < -0.39 is 25.6 Å². The molecule has 1 N–H and O–H groups in total. The van der Waals surface area contributed by atoms with Crippen molar-refractivity contribution in [1.82, 2.24) is 0 Å². The molecule has 0 aliphatic heterocycles. The van der Waals surface area contributed by atoms with Gasteiger partial charge < -0.3 is 9.53 Å². The van der Waals surface area contributed by atoms with Gasteiger partial charge in [0.2, 0.25) is 5.24 Å². The third-order valence-corrected chi connectivity index (χ3v) is 7.75. The lowest BCUT2D eigenvalue weighted by atomic mass is 10.2.